The number of carbonyl (C=O) groups excluding carboxylic acids is 1. The Hall–Kier alpha value is -0.610. The molecule has 0 radical (unpaired) electrons. The monoisotopic (exact) mass is 495 g/mol. The number of nitrogens with zero attached hydrogens (tertiary/aromatic N) is 2. The molecule has 2 atom stereocenters. The first-order valence-electron chi connectivity index (χ1n) is 10.3. The van der Waals surface area contributed by atoms with Gasteiger partial charge in [-0.15, -0.1) is 24.0 Å². The molecule has 1 saturated carbocycles. The molecule has 2 unspecified atom stereocenters. The number of aliphatic hydroxyl groups is 1. The highest BCUT2D eigenvalue weighted by Crippen LogP contribution is 2.25. The average Bonchev–Trinajstić information content (AvgIpc) is 3.04. The van der Waals surface area contributed by atoms with Crippen molar-refractivity contribution in [2.75, 3.05) is 39.3 Å². The van der Waals surface area contributed by atoms with Gasteiger partial charge in [-0.2, -0.15) is 0 Å². The molecule has 2 fully saturated rings. The minimum absolute atomic E-state index is 0. The summed E-state index contributed by atoms with van der Waals surface area (Å²) >= 11 is 0. The van der Waals surface area contributed by atoms with E-state index in [0.717, 1.165) is 70.7 Å². The zero-order chi connectivity index (χ0) is 18.8. The van der Waals surface area contributed by atoms with Crippen molar-refractivity contribution in [1.29, 1.82) is 0 Å². The van der Waals surface area contributed by atoms with E-state index in [1.54, 1.807) is 0 Å². The minimum Gasteiger partial charge on any atom is -0.393 e. The number of carbonyl (C=O) groups is 1. The predicted octanol–water partition coefficient (Wildman–Crippen LogP) is 1.31. The van der Waals surface area contributed by atoms with E-state index in [4.69, 9.17) is 4.99 Å². The lowest BCUT2D eigenvalue weighted by molar-refractivity contribution is -0.122. The number of likely N-dealkylation sites (tertiary alicyclic amines) is 1. The molecule has 2 rings (SSSR count). The topological polar surface area (TPSA) is 89.0 Å². The van der Waals surface area contributed by atoms with Crippen molar-refractivity contribution in [2.45, 2.75) is 64.5 Å². The van der Waals surface area contributed by atoms with Gasteiger partial charge in [0.2, 0.25) is 5.91 Å². The Morgan fingerprint density at radius 3 is 2.48 bits per heavy atom. The molecule has 7 nitrogen and oxygen atoms in total. The highest BCUT2D eigenvalue weighted by molar-refractivity contribution is 14.0. The second-order valence-electron chi connectivity index (χ2n) is 7.52. The Labute approximate surface area is 181 Å². The van der Waals surface area contributed by atoms with E-state index in [1.165, 1.54) is 0 Å². The van der Waals surface area contributed by atoms with Crippen LogP contribution in [-0.2, 0) is 4.79 Å². The fourth-order valence-electron chi connectivity index (χ4n) is 3.71. The SMILES string of the molecule is CCCNC(=O)CN1CCC(NC(=NCC2CCCC2O)NCC)CC1.I. The van der Waals surface area contributed by atoms with Crippen LogP contribution in [0, 0.1) is 5.92 Å². The molecule has 1 heterocycles. The van der Waals surface area contributed by atoms with Gasteiger partial charge in [0.15, 0.2) is 5.96 Å². The smallest absolute Gasteiger partial charge is 0.234 e. The lowest BCUT2D eigenvalue weighted by Crippen LogP contribution is -2.50. The van der Waals surface area contributed by atoms with Crippen LogP contribution >= 0.6 is 24.0 Å². The summed E-state index contributed by atoms with van der Waals surface area (Å²) in [7, 11) is 0. The number of aliphatic hydroxyl groups excluding tert-OH is 1. The van der Waals surface area contributed by atoms with Crippen LogP contribution in [0.4, 0.5) is 0 Å². The van der Waals surface area contributed by atoms with E-state index in [-0.39, 0.29) is 36.0 Å². The summed E-state index contributed by atoms with van der Waals surface area (Å²) in [6, 6.07) is 0.385. The standard InChI is InChI=1S/C19H37N5O2.HI/c1-3-10-21-18(26)14-24-11-8-16(9-12-24)23-19(20-4-2)22-13-15-6-5-7-17(15)25;/h15-17,25H,3-14H2,1-2H3,(H,21,26)(H2,20,22,23);1H. The van der Waals surface area contributed by atoms with Crippen molar-refractivity contribution in [1.82, 2.24) is 20.9 Å². The second kappa shape index (κ2) is 13.5. The third kappa shape index (κ3) is 8.95. The van der Waals surface area contributed by atoms with Gasteiger partial charge in [0.1, 0.15) is 0 Å². The Morgan fingerprint density at radius 1 is 1.15 bits per heavy atom. The third-order valence-corrected chi connectivity index (χ3v) is 5.31. The molecule has 2 aliphatic rings. The van der Waals surface area contributed by atoms with Crippen LogP contribution in [0.3, 0.4) is 0 Å². The van der Waals surface area contributed by atoms with Gasteiger partial charge in [0, 0.05) is 44.7 Å². The van der Waals surface area contributed by atoms with Crippen LogP contribution in [0.15, 0.2) is 4.99 Å². The molecule has 1 saturated heterocycles. The van der Waals surface area contributed by atoms with Gasteiger partial charge in [-0.3, -0.25) is 14.7 Å². The molecule has 8 heteroatoms. The zero-order valence-corrected chi connectivity index (χ0v) is 19.2. The summed E-state index contributed by atoms with van der Waals surface area (Å²) in [5, 5.41) is 19.7. The number of hydrogen-bond donors (Lipinski definition) is 4. The first-order valence-corrected chi connectivity index (χ1v) is 10.3. The summed E-state index contributed by atoms with van der Waals surface area (Å²) < 4.78 is 0. The maximum absolute atomic E-state index is 11.8. The average molecular weight is 495 g/mol. The molecule has 0 aromatic carbocycles. The van der Waals surface area contributed by atoms with E-state index in [0.29, 0.717) is 25.0 Å². The first-order chi connectivity index (χ1) is 12.6. The van der Waals surface area contributed by atoms with E-state index in [1.807, 2.05) is 0 Å². The molecule has 27 heavy (non-hydrogen) atoms. The van der Waals surface area contributed by atoms with Gasteiger partial charge < -0.3 is 21.1 Å². The lowest BCUT2D eigenvalue weighted by Gasteiger charge is -2.32. The molecule has 1 amide bonds. The molecule has 1 aliphatic heterocycles. The Balaban J connectivity index is 0.00000364. The number of rotatable bonds is 8. The molecule has 0 bridgehead atoms. The minimum atomic E-state index is -0.191. The third-order valence-electron chi connectivity index (χ3n) is 5.31. The molecule has 0 aromatic rings. The van der Waals surface area contributed by atoms with Crippen molar-refractivity contribution in [3.8, 4) is 0 Å². The predicted molar refractivity (Wildman–Crippen MR) is 121 cm³/mol. The highest BCUT2D eigenvalue weighted by Gasteiger charge is 2.25. The maximum atomic E-state index is 11.8. The Bertz CT molecular complexity index is 455. The maximum Gasteiger partial charge on any atom is 0.234 e. The van der Waals surface area contributed by atoms with Crippen LogP contribution in [0.1, 0.15) is 52.4 Å². The summed E-state index contributed by atoms with van der Waals surface area (Å²) in [5.41, 5.74) is 0. The van der Waals surface area contributed by atoms with E-state index in [2.05, 4.69) is 34.7 Å². The fourth-order valence-corrected chi connectivity index (χ4v) is 3.71. The summed E-state index contributed by atoms with van der Waals surface area (Å²) in [5.74, 6) is 1.28. The van der Waals surface area contributed by atoms with E-state index >= 15 is 0 Å². The van der Waals surface area contributed by atoms with Crippen LogP contribution in [0.25, 0.3) is 0 Å². The number of hydrogen-bond acceptors (Lipinski definition) is 4. The zero-order valence-electron chi connectivity index (χ0n) is 16.9. The normalized spacial score (nSPS) is 24.3. The van der Waals surface area contributed by atoms with Crippen LogP contribution in [0.2, 0.25) is 0 Å². The molecular formula is C19H38IN5O2. The number of piperidine rings is 1. The second-order valence-corrected chi connectivity index (χ2v) is 7.52. The Morgan fingerprint density at radius 2 is 1.89 bits per heavy atom. The van der Waals surface area contributed by atoms with Gasteiger partial charge in [0.25, 0.3) is 0 Å². The summed E-state index contributed by atoms with van der Waals surface area (Å²) in [6.45, 7) is 8.77. The van der Waals surface area contributed by atoms with E-state index in [9.17, 15) is 9.90 Å². The number of guanidine groups is 1. The van der Waals surface area contributed by atoms with Gasteiger partial charge in [-0.05, 0) is 39.0 Å². The van der Waals surface area contributed by atoms with Crippen molar-refractivity contribution < 1.29 is 9.90 Å². The highest BCUT2D eigenvalue weighted by atomic mass is 127. The van der Waals surface area contributed by atoms with Crippen molar-refractivity contribution in [3.05, 3.63) is 0 Å². The van der Waals surface area contributed by atoms with Gasteiger partial charge in [-0.25, -0.2) is 0 Å². The van der Waals surface area contributed by atoms with Crippen LogP contribution in [-0.4, -0.2) is 73.3 Å². The van der Waals surface area contributed by atoms with E-state index < -0.39 is 0 Å². The van der Waals surface area contributed by atoms with Crippen LogP contribution < -0.4 is 16.0 Å². The quantitative estimate of drug-likeness (QED) is 0.232. The summed E-state index contributed by atoms with van der Waals surface area (Å²) in [6.07, 6.45) is 5.90. The molecule has 158 valence electrons. The number of halogens is 1. The first kappa shape index (κ1) is 24.4. The van der Waals surface area contributed by atoms with Crippen molar-refractivity contribution in [3.63, 3.8) is 0 Å². The van der Waals surface area contributed by atoms with Crippen molar-refractivity contribution >= 4 is 35.8 Å². The van der Waals surface area contributed by atoms with Crippen molar-refractivity contribution in [2.24, 2.45) is 10.9 Å². The van der Waals surface area contributed by atoms with Gasteiger partial charge in [-0.1, -0.05) is 13.3 Å². The molecular weight excluding hydrogens is 457 g/mol. The van der Waals surface area contributed by atoms with Gasteiger partial charge in [0.05, 0.1) is 12.6 Å². The largest absolute Gasteiger partial charge is 0.393 e. The lowest BCUT2D eigenvalue weighted by atomic mass is 10.1. The van der Waals surface area contributed by atoms with Crippen LogP contribution in [0.5, 0.6) is 0 Å². The molecule has 0 aromatic heterocycles. The molecule has 4 N–H and O–H groups in total. The summed E-state index contributed by atoms with van der Waals surface area (Å²) in [4.78, 5) is 18.8. The van der Waals surface area contributed by atoms with Gasteiger partial charge >= 0.3 is 0 Å². The number of nitrogens with one attached hydrogen (secondary N) is 3. The Kier molecular flexibility index (Phi) is 12.3. The number of amides is 1. The molecule has 1 aliphatic carbocycles. The molecule has 0 spiro atoms. The fraction of sp³-hybridized carbons (Fsp3) is 0.895. The number of aliphatic imine (C=N–C) groups is 1.